The second-order valence-corrected chi connectivity index (χ2v) is 13.1. The zero-order valence-electron chi connectivity index (χ0n) is 27.3. The summed E-state index contributed by atoms with van der Waals surface area (Å²) < 4.78 is 27.0. The van der Waals surface area contributed by atoms with E-state index >= 15 is 0 Å². The van der Waals surface area contributed by atoms with E-state index in [0.29, 0.717) is 38.7 Å². The fraction of sp³-hybridized carbons (Fsp3) is 0.314. The molecule has 0 amide bonds. The number of benzene rings is 2. The van der Waals surface area contributed by atoms with Gasteiger partial charge < -0.3 is 23.5 Å². The predicted octanol–water partition coefficient (Wildman–Crippen LogP) is 5.07. The molecule has 5 rings (SSSR count). The van der Waals surface area contributed by atoms with E-state index in [9.17, 15) is 14.4 Å². The van der Waals surface area contributed by atoms with Crippen LogP contribution in [0.1, 0.15) is 54.9 Å². The van der Waals surface area contributed by atoms with Crippen molar-refractivity contribution in [3.63, 3.8) is 0 Å². The first-order valence-corrected chi connectivity index (χ1v) is 17.0. The normalized spacial score (nSPS) is 14.5. The Balaban J connectivity index is 1.66. The summed E-state index contributed by atoms with van der Waals surface area (Å²) in [5, 5.41) is 0. The van der Waals surface area contributed by atoms with Crippen molar-refractivity contribution in [2.45, 2.75) is 47.6 Å². The summed E-state index contributed by atoms with van der Waals surface area (Å²) in [4.78, 5) is 44.6. The minimum absolute atomic E-state index is 0.160. The molecule has 0 N–H and O–H groups in total. The highest BCUT2D eigenvalue weighted by atomic mass is 127. The van der Waals surface area contributed by atoms with Gasteiger partial charge in [0.05, 0.1) is 42.2 Å². The molecule has 1 aliphatic rings. The van der Waals surface area contributed by atoms with Crippen molar-refractivity contribution in [1.82, 2.24) is 9.13 Å². The lowest BCUT2D eigenvalue weighted by molar-refractivity contribution is -0.143. The average molecular weight is 770 g/mol. The molecular weight excluding hydrogens is 733 g/mol. The van der Waals surface area contributed by atoms with E-state index in [1.54, 1.807) is 32.0 Å². The standard InChI is InChI=1S/C35H36IN3O7S/c1-8-44-28-15-23(11-13-27(28)46-18-30(40)43-7)32-31(34(42)45-9-2)21(5)37-35-39(32)33(41)29(47-35)16-24-14-20(4)38(22(24)6)25-12-10-19(3)26(36)17-25/h10-17,32H,8-9,18H2,1-7H3/b29-16+/t32-/m0/s1. The van der Waals surface area contributed by atoms with Crippen molar-refractivity contribution in [3.05, 3.63) is 105 Å². The van der Waals surface area contributed by atoms with E-state index in [1.807, 2.05) is 26.8 Å². The number of carbonyl (C=O) groups excluding carboxylic acids is 2. The van der Waals surface area contributed by atoms with Crippen molar-refractivity contribution in [2.75, 3.05) is 26.9 Å². The molecule has 0 bridgehead atoms. The zero-order valence-corrected chi connectivity index (χ0v) is 30.3. The van der Waals surface area contributed by atoms with Crippen LogP contribution in [-0.2, 0) is 19.1 Å². The molecule has 0 aliphatic carbocycles. The Labute approximate surface area is 290 Å². The van der Waals surface area contributed by atoms with Gasteiger partial charge in [0, 0.05) is 20.6 Å². The summed E-state index contributed by atoms with van der Waals surface area (Å²) >= 11 is 3.61. The maximum Gasteiger partial charge on any atom is 0.343 e. The molecule has 1 aliphatic heterocycles. The second kappa shape index (κ2) is 14.3. The molecule has 12 heteroatoms. The number of esters is 2. The number of ether oxygens (including phenoxy) is 4. The maximum atomic E-state index is 14.3. The van der Waals surface area contributed by atoms with Crippen LogP contribution in [0.15, 0.2) is 63.5 Å². The van der Waals surface area contributed by atoms with Gasteiger partial charge in [0.2, 0.25) is 0 Å². The molecule has 0 fully saturated rings. The quantitative estimate of drug-likeness (QED) is 0.164. The topological polar surface area (TPSA) is 110 Å². The molecule has 0 spiro atoms. The van der Waals surface area contributed by atoms with E-state index in [0.717, 1.165) is 22.6 Å². The minimum atomic E-state index is -0.844. The van der Waals surface area contributed by atoms with Crippen LogP contribution < -0.4 is 24.4 Å². The zero-order chi connectivity index (χ0) is 34.0. The number of allylic oxidation sites excluding steroid dienone is 1. The molecule has 47 heavy (non-hydrogen) atoms. The molecule has 0 radical (unpaired) electrons. The van der Waals surface area contributed by atoms with E-state index in [-0.39, 0.29) is 24.3 Å². The van der Waals surface area contributed by atoms with Crippen molar-refractivity contribution in [1.29, 1.82) is 0 Å². The number of halogens is 1. The molecular formula is C35H36IN3O7S. The number of thiazole rings is 1. The predicted molar refractivity (Wildman–Crippen MR) is 188 cm³/mol. The van der Waals surface area contributed by atoms with Gasteiger partial charge in [-0.25, -0.2) is 14.6 Å². The van der Waals surface area contributed by atoms with Gasteiger partial charge in [-0.3, -0.25) is 9.36 Å². The summed E-state index contributed by atoms with van der Waals surface area (Å²) in [6.45, 7) is 11.6. The Hall–Kier alpha value is -4.17. The summed E-state index contributed by atoms with van der Waals surface area (Å²) in [5.74, 6) is -0.424. The van der Waals surface area contributed by atoms with Crippen LogP contribution in [0.4, 0.5) is 0 Å². The molecule has 10 nitrogen and oxygen atoms in total. The molecule has 4 aromatic rings. The highest BCUT2D eigenvalue weighted by molar-refractivity contribution is 14.1. The van der Waals surface area contributed by atoms with Crippen molar-refractivity contribution < 1.29 is 28.5 Å². The average Bonchev–Trinajstić information content (AvgIpc) is 3.50. The lowest BCUT2D eigenvalue weighted by atomic mass is 9.95. The van der Waals surface area contributed by atoms with Crippen molar-refractivity contribution >= 4 is 51.9 Å². The summed E-state index contributed by atoms with van der Waals surface area (Å²) in [6.07, 6.45) is 1.89. The number of fused-ring (bicyclic) bond motifs is 1. The van der Waals surface area contributed by atoms with Gasteiger partial charge in [0.1, 0.15) is 0 Å². The number of aryl methyl sites for hydroxylation is 2. The molecule has 246 valence electrons. The number of hydrogen-bond acceptors (Lipinski definition) is 9. The molecule has 1 atom stereocenters. The third-order valence-corrected chi connectivity index (χ3v) is 9.99. The Morgan fingerprint density at radius 3 is 2.45 bits per heavy atom. The number of hydrogen-bond donors (Lipinski definition) is 0. The van der Waals surface area contributed by atoms with Gasteiger partial charge in [0.25, 0.3) is 5.56 Å². The first-order valence-electron chi connectivity index (χ1n) is 15.1. The molecule has 0 saturated heterocycles. The Kier molecular flexibility index (Phi) is 10.4. The Morgan fingerprint density at radius 1 is 1.00 bits per heavy atom. The molecule has 0 unspecified atom stereocenters. The third kappa shape index (κ3) is 6.79. The van der Waals surface area contributed by atoms with Crippen molar-refractivity contribution in [3.8, 4) is 17.2 Å². The van der Waals surface area contributed by atoms with Gasteiger partial charge >= 0.3 is 11.9 Å². The van der Waals surface area contributed by atoms with Crippen LogP contribution in [-0.4, -0.2) is 48.0 Å². The minimum Gasteiger partial charge on any atom is -0.490 e. The van der Waals surface area contributed by atoms with Gasteiger partial charge in [-0.15, -0.1) is 0 Å². The first kappa shape index (κ1) is 34.2. The van der Waals surface area contributed by atoms with E-state index in [2.05, 4.69) is 58.3 Å². The number of rotatable bonds is 10. The van der Waals surface area contributed by atoms with Crippen LogP contribution in [0.5, 0.6) is 11.5 Å². The van der Waals surface area contributed by atoms with Crippen LogP contribution in [0.2, 0.25) is 0 Å². The van der Waals surface area contributed by atoms with Crippen LogP contribution in [0.3, 0.4) is 0 Å². The number of methoxy groups -OCH3 is 1. The molecule has 2 aromatic heterocycles. The SMILES string of the molecule is CCOC(=O)C1=C(C)N=c2s/c(=C/c3cc(C)n(-c4ccc(C)c(I)c4)c3C)c(=O)n2[C@H]1c1ccc(OCC(=O)OC)c(OCC)c1. The highest BCUT2D eigenvalue weighted by Gasteiger charge is 2.34. The smallest absolute Gasteiger partial charge is 0.343 e. The summed E-state index contributed by atoms with van der Waals surface area (Å²) in [5.41, 5.74) is 6.22. The first-order chi connectivity index (χ1) is 22.5. The lowest BCUT2D eigenvalue weighted by Crippen LogP contribution is -2.40. The third-order valence-electron chi connectivity index (χ3n) is 7.84. The maximum absolute atomic E-state index is 14.3. The van der Waals surface area contributed by atoms with Crippen LogP contribution >= 0.6 is 33.9 Å². The fourth-order valence-electron chi connectivity index (χ4n) is 5.58. The molecule has 2 aromatic carbocycles. The van der Waals surface area contributed by atoms with Crippen molar-refractivity contribution in [2.24, 2.45) is 4.99 Å². The largest absolute Gasteiger partial charge is 0.490 e. The second-order valence-electron chi connectivity index (χ2n) is 10.9. The van der Waals surface area contributed by atoms with Gasteiger partial charge in [-0.05, 0) is 117 Å². The Bertz CT molecular complexity index is 2090. The monoisotopic (exact) mass is 769 g/mol. The van der Waals surface area contributed by atoms with Gasteiger partial charge in [-0.2, -0.15) is 0 Å². The molecule has 0 saturated carbocycles. The fourth-order valence-corrected chi connectivity index (χ4v) is 7.11. The number of carbonyl (C=O) groups is 2. The van der Waals surface area contributed by atoms with Gasteiger partial charge in [0.15, 0.2) is 22.9 Å². The van der Waals surface area contributed by atoms with E-state index in [1.165, 1.54) is 32.1 Å². The van der Waals surface area contributed by atoms with E-state index < -0.39 is 18.0 Å². The number of nitrogens with zero attached hydrogens (tertiary/aromatic N) is 3. The lowest BCUT2D eigenvalue weighted by Gasteiger charge is -2.25. The van der Waals surface area contributed by atoms with Gasteiger partial charge in [-0.1, -0.05) is 23.5 Å². The Morgan fingerprint density at radius 2 is 1.77 bits per heavy atom. The number of aromatic nitrogens is 2. The molecule has 3 heterocycles. The van der Waals surface area contributed by atoms with Crippen LogP contribution in [0.25, 0.3) is 11.8 Å². The summed E-state index contributed by atoms with van der Waals surface area (Å²) in [6, 6.07) is 12.7. The summed E-state index contributed by atoms with van der Waals surface area (Å²) in [7, 11) is 1.28. The highest BCUT2D eigenvalue weighted by Crippen LogP contribution is 2.36. The van der Waals surface area contributed by atoms with E-state index in [4.69, 9.17) is 23.9 Å². The van der Waals surface area contributed by atoms with Crippen LogP contribution in [0, 0.1) is 24.3 Å².